The number of nitrogens with one attached hydrogen (secondary N) is 1. The standard InChI is InChI=1S/C14H18N2O3/c1-10-9-11(13(17)18)5-6-12(10)15-14(19)16-7-3-2-4-8-16/h5-6,9H,2-4,7-8H2,1H3,(H,15,19)(H,17,18). The normalized spacial score (nSPS) is 15.1. The molecule has 5 nitrogen and oxygen atoms in total. The van der Waals surface area contributed by atoms with E-state index >= 15 is 0 Å². The Kier molecular flexibility index (Phi) is 4.04. The first kappa shape index (κ1) is 13.4. The molecule has 1 aromatic carbocycles. The first-order chi connectivity index (χ1) is 9.08. The molecule has 1 aromatic rings. The topological polar surface area (TPSA) is 69.6 Å². The maximum absolute atomic E-state index is 12.0. The lowest BCUT2D eigenvalue weighted by Gasteiger charge is -2.27. The van der Waals surface area contributed by atoms with Gasteiger partial charge in [0, 0.05) is 18.8 Å². The predicted octanol–water partition coefficient (Wildman–Crippen LogP) is 2.71. The van der Waals surface area contributed by atoms with E-state index in [4.69, 9.17) is 5.11 Å². The van der Waals surface area contributed by atoms with Crippen LogP contribution in [0.15, 0.2) is 18.2 Å². The first-order valence-electron chi connectivity index (χ1n) is 6.48. The van der Waals surface area contributed by atoms with E-state index < -0.39 is 5.97 Å². The monoisotopic (exact) mass is 262 g/mol. The number of aryl methyl sites for hydroxylation is 1. The van der Waals surface area contributed by atoms with E-state index in [9.17, 15) is 9.59 Å². The van der Waals surface area contributed by atoms with Gasteiger partial charge in [-0.2, -0.15) is 0 Å². The van der Waals surface area contributed by atoms with Crippen molar-refractivity contribution in [2.24, 2.45) is 0 Å². The van der Waals surface area contributed by atoms with Gasteiger partial charge >= 0.3 is 12.0 Å². The molecule has 0 atom stereocenters. The fraction of sp³-hybridized carbons (Fsp3) is 0.429. The minimum atomic E-state index is -0.961. The summed E-state index contributed by atoms with van der Waals surface area (Å²) in [4.78, 5) is 24.7. The van der Waals surface area contributed by atoms with Crippen molar-refractivity contribution in [2.45, 2.75) is 26.2 Å². The average molecular weight is 262 g/mol. The quantitative estimate of drug-likeness (QED) is 0.861. The number of benzene rings is 1. The molecule has 1 heterocycles. The maximum atomic E-state index is 12.0. The van der Waals surface area contributed by atoms with Gasteiger partial charge in [-0.1, -0.05) is 0 Å². The number of anilines is 1. The molecule has 1 fully saturated rings. The second-order valence-electron chi connectivity index (χ2n) is 4.81. The highest BCUT2D eigenvalue weighted by Crippen LogP contribution is 2.18. The summed E-state index contributed by atoms with van der Waals surface area (Å²) in [5, 5.41) is 11.7. The Bertz CT molecular complexity index is 493. The van der Waals surface area contributed by atoms with Gasteiger partial charge in [0.2, 0.25) is 0 Å². The zero-order valence-corrected chi connectivity index (χ0v) is 11.0. The number of carbonyl (C=O) groups is 2. The number of carboxylic acid groups (broad SMARTS) is 1. The fourth-order valence-corrected chi connectivity index (χ4v) is 2.23. The molecule has 19 heavy (non-hydrogen) atoms. The molecule has 0 aromatic heterocycles. The van der Waals surface area contributed by atoms with Crippen LogP contribution in [0.5, 0.6) is 0 Å². The van der Waals surface area contributed by atoms with Gasteiger partial charge in [0.15, 0.2) is 0 Å². The largest absolute Gasteiger partial charge is 0.478 e. The molecule has 1 aliphatic heterocycles. The van der Waals surface area contributed by atoms with E-state index in [0.717, 1.165) is 31.5 Å². The number of nitrogens with zero attached hydrogens (tertiary/aromatic N) is 1. The van der Waals surface area contributed by atoms with Crippen molar-refractivity contribution in [3.05, 3.63) is 29.3 Å². The van der Waals surface area contributed by atoms with E-state index in [0.29, 0.717) is 5.69 Å². The summed E-state index contributed by atoms with van der Waals surface area (Å²) in [6, 6.07) is 4.60. The van der Waals surface area contributed by atoms with Crippen LogP contribution in [0, 0.1) is 6.92 Å². The third-order valence-electron chi connectivity index (χ3n) is 3.36. The third-order valence-corrected chi connectivity index (χ3v) is 3.36. The summed E-state index contributed by atoms with van der Waals surface area (Å²) in [7, 11) is 0. The number of carbonyl (C=O) groups excluding carboxylic acids is 1. The molecule has 0 spiro atoms. The number of likely N-dealkylation sites (tertiary alicyclic amines) is 1. The van der Waals surface area contributed by atoms with E-state index in [-0.39, 0.29) is 11.6 Å². The lowest BCUT2D eigenvalue weighted by atomic mass is 10.1. The first-order valence-corrected chi connectivity index (χ1v) is 6.48. The van der Waals surface area contributed by atoms with Crippen molar-refractivity contribution in [1.82, 2.24) is 4.90 Å². The minimum Gasteiger partial charge on any atom is -0.478 e. The number of rotatable bonds is 2. The van der Waals surface area contributed by atoms with Crippen LogP contribution >= 0.6 is 0 Å². The number of carboxylic acids is 1. The van der Waals surface area contributed by atoms with Gasteiger partial charge in [-0.15, -0.1) is 0 Å². The van der Waals surface area contributed by atoms with Crippen molar-refractivity contribution < 1.29 is 14.7 Å². The summed E-state index contributed by atoms with van der Waals surface area (Å²) in [5.74, 6) is -0.961. The Morgan fingerprint density at radius 3 is 2.47 bits per heavy atom. The van der Waals surface area contributed by atoms with Crippen molar-refractivity contribution in [2.75, 3.05) is 18.4 Å². The number of hydrogen-bond donors (Lipinski definition) is 2. The van der Waals surface area contributed by atoms with Crippen molar-refractivity contribution in [3.8, 4) is 0 Å². The number of hydrogen-bond acceptors (Lipinski definition) is 2. The van der Waals surface area contributed by atoms with Crippen molar-refractivity contribution >= 4 is 17.7 Å². The van der Waals surface area contributed by atoms with Gasteiger partial charge in [-0.25, -0.2) is 9.59 Å². The molecule has 0 aliphatic carbocycles. The molecule has 1 saturated heterocycles. The average Bonchev–Trinajstić information content (AvgIpc) is 2.41. The van der Waals surface area contributed by atoms with Gasteiger partial charge in [-0.05, 0) is 49.9 Å². The molecule has 2 N–H and O–H groups in total. The molecule has 5 heteroatoms. The van der Waals surface area contributed by atoms with Crippen LogP contribution in [0.4, 0.5) is 10.5 Å². The Morgan fingerprint density at radius 1 is 1.21 bits per heavy atom. The van der Waals surface area contributed by atoms with Gasteiger partial charge in [0.05, 0.1) is 5.56 Å². The molecule has 2 rings (SSSR count). The molecule has 1 aliphatic rings. The Labute approximate surface area is 112 Å². The molecule has 102 valence electrons. The van der Waals surface area contributed by atoms with Gasteiger partial charge in [-0.3, -0.25) is 0 Å². The highest BCUT2D eigenvalue weighted by atomic mass is 16.4. The smallest absolute Gasteiger partial charge is 0.335 e. The van der Waals surface area contributed by atoms with Gasteiger partial charge in [0.1, 0.15) is 0 Å². The Hall–Kier alpha value is -2.04. The van der Waals surface area contributed by atoms with Crippen LogP contribution in [-0.2, 0) is 0 Å². The second kappa shape index (κ2) is 5.73. The van der Waals surface area contributed by atoms with Crippen LogP contribution in [0.3, 0.4) is 0 Å². The van der Waals surface area contributed by atoms with Crippen LogP contribution in [0.2, 0.25) is 0 Å². The molecule has 0 radical (unpaired) electrons. The van der Waals surface area contributed by atoms with Crippen LogP contribution < -0.4 is 5.32 Å². The second-order valence-corrected chi connectivity index (χ2v) is 4.81. The summed E-state index contributed by atoms with van der Waals surface area (Å²) < 4.78 is 0. The van der Waals surface area contributed by atoms with E-state index in [1.165, 1.54) is 12.5 Å². The zero-order valence-electron chi connectivity index (χ0n) is 11.0. The number of piperidine rings is 1. The maximum Gasteiger partial charge on any atom is 0.335 e. The van der Waals surface area contributed by atoms with Gasteiger partial charge < -0.3 is 15.3 Å². The van der Waals surface area contributed by atoms with Crippen LogP contribution in [0.25, 0.3) is 0 Å². The Morgan fingerprint density at radius 2 is 1.89 bits per heavy atom. The molecule has 0 saturated carbocycles. The third kappa shape index (κ3) is 3.24. The van der Waals surface area contributed by atoms with Crippen LogP contribution in [0.1, 0.15) is 35.2 Å². The summed E-state index contributed by atoms with van der Waals surface area (Å²) in [6.45, 7) is 3.37. The zero-order chi connectivity index (χ0) is 13.8. The lowest BCUT2D eigenvalue weighted by molar-refractivity contribution is 0.0697. The van der Waals surface area contributed by atoms with Crippen molar-refractivity contribution in [1.29, 1.82) is 0 Å². The van der Waals surface area contributed by atoms with Gasteiger partial charge in [0.25, 0.3) is 0 Å². The summed E-state index contributed by atoms with van der Waals surface area (Å²) in [5.41, 5.74) is 1.65. The Balaban J connectivity index is 2.06. The van der Waals surface area contributed by atoms with Crippen LogP contribution in [-0.4, -0.2) is 35.1 Å². The molecule has 2 amide bonds. The fourth-order valence-electron chi connectivity index (χ4n) is 2.23. The van der Waals surface area contributed by atoms with Crippen molar-refractivity contribution in [3.63, 3.8) is 0 Å². The SMILES string of the molecule is Cc1cc(C(=O)O)ccc1NC(=O)N1CCCCC1. The lowest BCUT2D eigenvalue weighted by Crippen LogP contribution is -2.38. The summed E-state index contributed by atoms with van der Waals surface area (Å²) in [6.07, 6.45) is 3.27. The highest BCUT2D eigenvalue weighted by Gasteiger charge is 2.17. The number of aromatic carboxylic acids is 1. The number of amides is 2. The molecule has 0 unspecified atom stereocenters. The molecular formula is C14H18N2O3. The number of urea groups is 1. The predicted molar refractivity (Wildman–Crippen MR) is 72.6 cm³/mol. The minimum absolute atomic E-state index is 0.106. The summed E-state index contributed by atoms with van der Waals surface area (Å²) >= 11 is 0. The highest BCUT2D eigenvalue weighted by molar-refractivity contribution is 5.92. The van der Waals surface area contributed by atoms with E-state index in [2.05, 4.69) is 5.32 Å². The molecular weight excluding hydrogens is 244 g/mol. The van der Waals surface area contributed by atoms with E-state index in [1.54, 1.807) is 24.0 Å². The van der Waals surface area contributed by atoms with E-state index in [1.807, 2.05) is 0 Å². The molecule has 0 bridgehead atoms.